The second-order valence-corrected chi connectivity index (χ2v) is 9.14. The number of rotatable bonds is 6. The fourth-order valence-electron chi connectivity index (χ4n) is 4.71. The van der Waals surface area contributed by atoms with Crippen LogP contribution < -0.4 is 16.4 Å². The number of carbonyl (C=O) groups is 3. The summed E-state index contributed by atoms with van der Waals surface area (Å²) in [5, 5.41) is 14.5. The van der Waals surface area contributed by atoms with Crippen molar-refractivity contribution in [2.75, 3.05) is 0 Å². The Hall–Kier alpha value is -1.63. The summed E-state index contributed by atoms with van der Waals surface area (Å²) in [6, 6.07) is -1.13. The highest BCUT2D eigenvalue weighted by Crippen LogP contribution is 2.62. The van der Waals surface area contributed by atoms with Crippen molar-refractivity contribution in [2.24, 2.45) is 22.5 Å². The summed E-state index contributed by atoms with van der Waals surface area (Å²) in [5.74, 6) is -1.46. The van der Waals surface area contributed by atoms with Gasteiger partial charge in [0.2, 0.25) is 11.8 Å². The SMILES string of the molecule is CC(C)(NC(=O)[C@@H](N)CC(=O)O)C(=O)NC1C2(C)CCC(C2)C1(C)C. The Kier molecular flexibility index (Phi) is 4.94. The van der Waals surface area contributed by atoms with Crippen molar-refractivity contribution in [3.63, 3.8) is 0 Å². The molecular weight excluding hydrogens is 322 g/mol. The van der Waals surface area contributed by atoms with Crippen LogP contribution in [0.25, 0.3) is 0 Å². The van der Waals surface area contributed by atoms with E-state index in [-0.39, 0.29) is 22.8 Å². The van der Waals surface area contributed by atoms with Crippen LogP contribution in [0.2, 0.25) is 0 Å². The van der Waals surface area contributed by atoms with Gasteiger partial charge in [0, 0.05) is 6.04 Å². The number of nitrogens with one attached hydrogen (secondary N) is 2. The predicted molar refractivity (Wildman–Crippen MR) is 93.6 cm³/mol. The number of carboxylic acids is 1. The molecule has 2 saturated carbocycles. The maximum atomic E-state index is 12.8. The van der Waals surface area contributed by atoms with Gasteiger partial charge >= 0.3 is 5.97 Å². The summed E-state index contributed by atoms with van der Waals surface area (Å²) in [6.45, 7) is 9.83. The van der Waals surface area contributed by atoms with Gasteiger partial charge in [-0.3, -0.25) is 14.4 Å². The van der Waals surface area contributed by atoms with Crippen LogP contribution in [0.1, 0.15) is 60.3 Å². The molecule has 25 heavy (non-hydrogen) atoms. The zero-order chi connectivity index (χ0) is 19.2. The first-order valence-corrected chi connectivity index (χ1v) is 8.90. The molecule has 0 spiro atoms. The van der Waals surface area contributed by atoms with Crippen molar-refractivity contribution < 1.29 is 19.5 Å². The summed E-state index contributed by atoms with van der Waals surface area (Å²) in [7, 11) is 0. The molecule has 0 aliphatic heterocycles. The lowest BCUT2D eigenvalue weighted by molar-refractivity contribution is -0.140. The van der Waals surface area contributed by atoms with Gasteiger partial charge in [0.1, 0.15) is 5.54 Å². The van der Waals surface area contributed by atoms with Crippen LogP contribution in [0, 0.1) is 16.7 Å². The smallest absolute Gasteiger partial charge is 0.305 e. The van der Waals surface area contributed by atoms with E-state index in [0.717, 1.165) is 12.8 Å². The topological polar surface area (TPSA) is 122 Å². The second-order valence-electron chi connectivity index (χ2n) is 9.14. The Morgan fingerprint density at radius 3 is 2.36 bits per heavy atom. The van der Waals surface area contributed by atoms with Crippen molar-refractivity contribution in [3.05, 3.63) is 0 Å². The average molecular weight is 353 g/mol. The lowest BCUT2D eigenvalue weighted by Crippen LogP contribution is -2.62. The molecule has 7 heteroatoms. The van der Waals surface area contributed by atoms with Gasteiger partial charge in [-0.1, -0.05) is 20.8 Å². The molecule has 0 saturated heterocycles. The molecule has 142 valence electrons. The molecule has 0 radical (unpaired) electrons. The van der Waals surface area contributed by atoms with E-state index >= 15 is 0 Å². The normalized spacial score (nSPS) is 31.4. The molecule has 7 nitrogen and oxygen atoms in total. The number of fused-ring (bicyclic) bond motifs is 2. The number of carboxylic acid groups (broad SMARTS) is 1. The van der Waals surface area contributed by atoms with Crippen molar-refractivity contribution in [1.82, 2.24) is 10.6 Å². The molecule has 0 aromatic heterocycles. The predicted octanol–water partition coefficient (Wildman–Crippen LogP) is 1.01. The second kappa shape index (κ2) is 6.27. The Morgan fingerprint density at radius 2 is 1.88 bits per heavy atom. The minimum atomic E-state index is -1.18. The lowest BCUT2D eigenvalue weighted by Gasteiger charge is -2.44. The van der Waals surface area contributed by atoms with Crippen LogP contribution in [-0.4, -0.2) is 40.5 Å². The Balaban J connectivity index is 2.04. The zero-order valence-electron chi connectivity index (χ0n) is 15.8. The molecule has 2 bridgehead atoms. The van der Waals surface area contributed by atoms with E-state index in [9.17, 15) is 14.4 Å². The minimum Gasteiger partial charge on any atom is -0.481 e. The Morgan fingerprint density at radius 1 is 1.28 bits per heavy atom. The maximum Gasteiger partial charge on any atom is 0.305 e. The van der Waals surface area contributed by atoms with Gasteiger partial charge in [-0.2, -0.15) is 0 Å². The van der Waals surface area contributed by atoms with Crippen LogP contribution in [0.4, 0.5) is 0 Å². The van der Waals surface area contributed by atoms with Crippen molar-refractivity contribution >= 4 is 17.8 Å². The molecule has 0 heterocycles. The number of carbonyl (C=O) groups excluding carboxylic acids is 2. The largest absolute Gasteiger partial charge is 0.481 e. The molecule has 4 atom stereocenters. The van der Waals surface area contributed by atoms with E-state index in [4.69, 9.17) is 10.8 Å². The van der Waals surface area contributed by atoms with Crippen LogP contribution >= 0.6 is 0 Å². The zero-order valence-corrected chi connectivity index (χ0v) is 15.8. The molecular formula is C18H31N3O4. The molecule has 0 aromatic rings. The summed E-state index contributed by atoms with van der Waals surface area (Å²) >= 11 is 0. The summed E-state index contributed by atoms with van der Waals surface area (Å²) < 4.78 is 0. The van der Waals surface area contributed by atoms with Crippen LogP contribution in [0.15, 0.2) is 0 Å². The Bertz CT molecular complexity index is 582. The summed E-state index contributed by atoms with van der Waals surface area (Å²) in [6.07, 6.45) is 2.93. The molecule has 3 unspecified atom stereocenters. The molecule has 2 fully saturated rings. The molecule has 2 amide bonds. The number of aliphatic carboxylic acids is 1. The van der Waals surface area contributed by atoms with Gasteiger partial charge in [0.15, 0.2) is 0 Å². The fourth-order valence-corrected chi connectivity index (χ4v) is 4.71. The van der Waals surface area contributed by atoms with Gasteiger partial charge in [-0.15, -0.1) is 0 Å². The van der Waals surface area contributed by atoms with E-state index in [0.29, 0.717) is 5.92 Å². The highest BCUT2D eigenvalue weighted by Gasteiger charge is 2.60. The summed E-state index contributed by atoms with van der Waals surface area (Å²) in [4.78, 5) is 35.6. The van der Waals surface area contributed by atoms with Gasteiger partial charge in [-0.25, -0.2) is 0 Å². The number of hydrogen-bond acceptors (Lipinski definition) is 4. The highest BCUT2D eigenvalue weighted by molar-refractivity contribution is 5.93. The quantitative estimate of drug-likeness (QED) is 0.568. The maximum absolute atomic E-state index is 12.8. The van der Waals surface area contributed by atoms with E-state index in [1.165, 1.54) is 6.42 Å². The third kappa shape index (κ3) is 3.66. The van der Waals surface area contributed by atoms with E-state index in [2.05, 4.69) is 31.4 Å². The van der Waals surface area contributed by atoms with Crippen LogP contribution in [0.3, 0.4) is 0 Å². The monoisotopic (exact) mass is 353 g/mol. The Labute approximate surface area is 149 Å². The third-order valence-electron chi connectivity index (χ3n) is 6.28. The highest BCUT2D eigenvalue weighted by atomic mass is 16.4. The van der Waals surface area contributed by atoms with Crippen LogP contribution in [0.5, 0.6) is 0 Å². The van der Waals surface area contributed by atoms with Gasteiger partial charge in [-0.05, 0) is 49.9 Å². The number of amides is 2. The van der Waals surface area contributed by atoms with E-state index in [1.807, 2.05) is 0 Å². The minimum absolute atomic E-state index is 0.0163. The van der Waals surface area contributed by atoms with Crippen molar-refractivity contribution in [3.8, 4) is 0 Å². The van der Waals surface area contributed by atoms with E-state index < -0.39 is 29.9 Å². The number of nitrogens with two attached hydrogens (primary N) is 1. The van der Waals surface area contributed by atoms with Crippen LogP contribution in [-0.2, 0) is 14.4 Å². The number of hydrogen-bond donors (Lipinski definition) is 4. The molecule has 0 aromatic carbocycles. The molecule has 2 rings (SSSR count). The lowest BCUT2D eigenvalue weighted by atomic mass is 9.68. The first kappa shape index (κ1) is 19.7. The van der Waals surface area contributed by atoms with E-state index in [1.54, 1.807) is 13.8 Å². The van der Waals surface area contributed by atoms with Gasteiger partial charge in [0.25, 0.3) is 0 Å². The summed E-state index contributed by atoms with van der Waals surface area (Å²) in [5.41, 5.74) is 4.52. The van der Waals surface area contributed by atoms with Crippen molar-refractivity contribution in [2.45, 2.75) is 77.9 Å². The van der Waals surface area contributed by atoms with Gasteiger partial charge in [0.05, 0.1) is 12.5 Å². The van der Waals surface area contributed by atoms with Gasteiger partial charge < -0.3 is 21.5 Å². The molecule has 5 N–H and O–H groups in total. The molecule has 2 aliphatic carbocycles. The first-order chi connectivity index (χ1) is 11.3. The third-order valence-corrected chi connectivity index (χ3v) is 6.28. The molecule has 2 aliphatic rings. The fraction of sp³-hybridized carbons (Fsp3) is 0.833. The van der Waals surface area contributed by atoms with Crippen molar-refractivity contribution in [1.29, 1.82) is 0 Å². The average Bonchev–Trinajstić information content (AvgIpc) is 2.93. The first-order valence-electron chi connectivity index (χ1n) is 8.90. The standard InChI is InChI=1S/C18H31N3O4/c1-16(2)10-6-7-18(5,9-10)14(16)20-15(25)17(3,4)21-13(24)11(19)8-12(22)23/h10-11,14H,6-9,19H2,1-5H3,(H,20,25)(H,21,24)(H,22,23)/t10?,11-,14?,18?/m0/s1.